The zero-order valence-electron chi connectivity index (χ0n) is 18.5. The summed E-state index contributed by atoms with van der Waals surface area (Å²) in [5.74, 6) is 0.286. The van der Waals surface area contributed by atoms with Gasteiger partial charge in [0.2, 0.25) is 0 Å². The van der Waals surface area contributed by atoms with E-state index in [9.17, 15) is 4.79 Å². The van der Waals surface area contributed by atoms with Crippen molar-refractivity contribution in [2.24, 2.45) is 0 Å². The maximum absolute atomic E-state index is 11.2. The Hall–Kier alpha value is 0.143. The highest BCUT2D eigenvalue weighted by Gasteiger charge is 2.45. The van der Waals surface area contributed by atoms with Crippen molar-refractivity contribution in [3.63, 3.8) is 0 Å². The second-order valence-corrected chi connectivity index (χ2v) is 14.2. The lowest BCUT2D eigenvalue weighted by molar-refractivity contribution is -0.117. The molecule has 2 aromatic rings. The number of carbonyl (C=O) groups excluding carboxylic acids is 1. The first-order chi connectivity index (χ1) is 12.7. The summed E-state index contributed by atoms with van der Waals surface area (Å²) in [6.45, 7) is 16.1. The van der Waals surface area contributed by atoms with Crippen molar-refractivity contribution in [3.05, 3.63) is 36.0 Å². The third kappa shape index (κ3) is 6.08. The van der Waals surface area contributed by atoms with Crippen LogP contribution in [0.25, 0.3) is 10.9 Å². The van der Waals surface area contributed by atoms with Crippen molar-refractivity contribution in [1.82, 2.24) is 4.23 Å². The molecule has 0 unspecified atom stereocenters. The van der Waals surface area contributed by atoms with Crippen LogP contribution >= 0.6 is 22.6 Å². The summed E-state index contributed by atoms with van der Waals surface area (Å²) < 4.78 is 2.67. The highest BCUT2D eigenvalue weighted by atomic mass is 127. The number of fused-ring (bicyclic) bond motifs is 1. The van der Waals surface area contributed by atoms with Gasteiger partial charge in [0.25, 0.3) is 0 Å². The van der Waals surface area contributed by atoms with Gasteiger partial charge in [-0.3, -0.25) is 0 Å². The predicted molar refractivity (Wildman–Crippen MR) is 140 cm³/mol. The Morgan fingerprint density at radius 2 is 1.54 bits per heavy atom. The second-order valence-electron chi connectivity index (χ2n) is 8.49. The molecule has 156 valence electrons. The van der Waals surface area contributed by atoms with Crippen LogP contribution in [0.2, 0.25) is 16.6 Å². The van der Waals surface area contributed by atoms with E-state index in [0.717, 1.165) is 12.8 Å². The number of aryl methyl sites for hydroxylation is 1. The van der Waals surface area contributed by atoms with Crippen LogP contribution in [0, 0.1) is 0 Å². The number of aromatic nitrogens is 1. The molecule has 0 bridgehead atoms. The molecule has 0 radical (unpaired) electrons. The van der Waals surface area contributed by atoms with Crippen LogP contribution < -0.4 is 0 Å². The average Bonchev–Trinajstić information content (AvgIpc) is 2.99. The van der Waals surface area contributed by atoms with Gasteiger partial charge in [-0.25, -0.2) is 0 Å². The van der Waals surface area contributed by atoms with Crippen LogP contribution in [0.1, 0.15) is 66.9 Å². The van der Waals surface area contributed by atoms with Crippen LogP contribution in [0.15, 0.2) is 30.5 Å². The van der Waals surface area contributed by atoms with Gasteiger partial charge in [-0.05, 0) is 76.7 Å². The monoisotopic (exact) mass is 525 g/mol. The Morgan fingerprint density at radius 1 is 1.00 bits per heavy atom. The van der Waals surface area contributed by atoms with Crippen molar-refractivity contribution in [1.29, 1.82) is 0 Å². The standard InChI is InChI=1S/C22H35NOSi.CH3I.Mg.2H/c1-16(2)25(17(3)4,18(5)6)23-14-13-21-15-20(11-12-22(21)23)10-8-9-19(7)24;1-2;;;/h11-18H,8-10H2,1-7H3;1H3;;;. The zero-order chi connectivity index (χ0) is 20.8. The molecule has 0 saturated heterocycles. The molecule has 0 fully saturated rings. The minimum absolute atomic E-state index is 0. The quantitative estimate of drug-likeness (QED) is 0.213. The molecule has 0 amide bonds. The van der Waals surface area contributed by atoms with E-state index in [4.69, 9.17) is 0 Å². The fourth-order valence-electron chi connectivity index (χ4n) is 5.06. The Balaban J connectivity index is 0.00000235. The van der Waals surface area contributed by atoms with Crippen LogP contribution in [-0.2, 0) is 11.2 Å². The maximum atomic E-state index is 11.2. The SMILES string of the molecule is CC(=O)CCCc1ccc2c(ccn2[Si](C(C)C)(C(C)C)C(C)C)c1.CI.[MgH2]. The number of Topliss-reactive ketones (excluding diaryl/α,β-unsaturated/α-hetero) is 1. The first kappa shape index (κ1) is 28.1. The molecule has 0 saturated carbocycles. The Kier molecular flexibility index (Phi) is 12.8. The number of alkyl halides is 1. The number of hydrogen-bond acceptors (Lipinski definition) is 1. The number of rotatable bonds is 8. The van der Waals surface area contributed by atoms with E-state index >= 15 is 0 Å². The fourth-order valence-corrected chi connectivity index (χ4v) is 11.7. The molecule has 0 aliphatic heterocycles. The van der Waals surface area contributed by atoms with Gasteiger partial charge < -0.3 is 9.03 Å². The lowest BCUT2D eigenvalue weighted by atomic mass is 10.1. The molecule has 0 spiro atoms. The van der Waals surface area contributed by atoms with Gasteiger partial charge >= 0.3 is 23.1 Å². The smallest absolute Gasteiger partial charge is 0.316 e. The normalized spacial score (nSPS) is 11.6. The van der Waals surface area contributed by atoms with Gasteiger partial charge in [-0.15, -0.1) is 0 Å². The number of carbonyl (C=O) groups is 1. The van der Waals surface area contributed by atoms with E-state index in [1.54, 1.807) is 6.92 Å². The molecular formula is C23H40IMgNOSi. The van der Waals surface area contributed by atoms with Gasteiger partial charge in [-0.2, -0.15) is 0 Å². The molecular weight excluding hydrogens is 486 g/mol. The largest absolute Gasteiger partial charge is 0.373 e. The summed E-state index contributed by atoms with van der Waals surface area (Å²) in [5, 5.41) is 1.35. The Morgan fingerprint density at radius 3 is 2.00 bits per heavy atom. The number of hydrogen-bond donors (Lipinski definition) is 0. The lowest BCUT2D eigenvalue weighted by Gasteiger charge is -2.44. The van der Waals surface area contributed by atoms with E-state index in [0.29, 0.717) is 23.0 Å². The molecule has 0 aliphatic rings. The van der Waals surface area contributed by atoms with Gasteiger partial charge in [0.05, 0.1) is 0 Å². The molecule has 0 aliphatic carbocycles. The van der Waals surface area contributed by atoms with Crippen LogP contribution in [0.5, 0.6) is 0 Å². The summed E-state index contributed by atoms with van der Waals surface area (Å²) in [5.41, 5.74) is 4.81. The maximum Gasteiger partial charge on any atom is 0.316 e. The molecule has 0 atom stereocenters. The molecule has 1 aromatic heterocycles. The van der Waals surface area contributed by atoms with Crippen LogP contribution in [-0.4, -0.2) is 46.2 Å². The van der Waals surface area contributed by atoms with Crippen molar-refractivity contribution in [2.75, 3.05) is 4.93 Å². The third-order valence-electron chi connectivity index (χ3n) is 5.94. The summed E-state index contributed by atoms with van der Waals surface area (Å²) in [4.78, 5) is 13.1. The van der Waals surface area contributed by atoms with Crippen molar-refractivity contribution in [3.8, 4) is 0 Å². The number of nitrogens with zero attached hydrogens (tertiary/aromatic N) is 1. The minimum atomic E-state index is -1.70. The lowest BCUT2D eigenvalue weighted by Crippen LogP contribution is -2.51. The summed E-state index contributed by atoms with van der Waals surface area (Å²) in [7, 11) is -1.70. The molecule has 2 rings (SSSR count). The molecule has 28 heavy (non-hydrogen) atoms. The van der Waals surface area contributed by atoms with E-state index in [-0.39, 0.29) is 28.8 Å². The van der Waals surface area contributed by atoms with Crippen LogP contribution in [0.4, 0.5) is 0 Å². The summed E-state index contributed by atoms with van der Waals surface area (Å²) in [6, 6.07) is 9.19. The summed E-state index contributed by atoms with van der Waals surface area (Å²) in [6.07, 6.45) is 4.96. The van der Waals surface area contributed by atoms with E-state index < -0.39 is 8.24 Å². The third-order valence-corrected chi connectivity index (χ3v) is 12.7. The molecule has 5 heteroatoms. The van der Waals surface area contributed by atoms with Gasteiger partial charge in [-0.1, -0.05) is 70.2 Å². The van der Waals surface area contributed by atoms with Crippen molar-refractivity contribution in [2.45, 2.75) is 84.4 Å². The van der Waals surface area contributed by atoms with Crippen molar-refractivity contribution < 1.29 is 4.79 Å². The van der Waals surface area contributed by atoms with E-state index in [1.807, 2.05) is 4.93 Å². The van der Waals surface area contributed by atoms with Crippen LogP contribution in [0.3, 0.4) is 0 Å². The van der Waals surface area contributed by atoms with Gasteiger partial charge in [0.15, 0.2) is 8.24 Å². The highest BCUT2D eigenvalue weighted by molar-refractivity contribution is 14.1. The van der Waals surface area contributed by atoms with Crippen molar-refractivity contribution >= 4 is 70.6 Å². The van der Waals surface area contributed by atoms with E-state index in [2.05, 4.69) is 98.8 Å². The first-order valence-corrected chi connectivity index (χ1v) is 14.5. The number of halogens is 1. The second kappa shape index (κ2) is 12.8. The first-order valence-electron chi connectivity index (χ1n) is 10.2. The Labute approximate surface area is 203 Å². The number of ketones is 1. The minimum Gasteiger partial charge on any atom is -0.373 e. The molecule has 1 aromatic carbocycles. The zero-order valence-corrected chi connectivity index (χ0v) is 21.6. The summed E-state index contributed by atoms with van der Waals surface area (Å²) >= 11 is 2.15. The molecule has 0 N–H and O–H groups in total. The van der Waals surface area contributed by atoms with E-state index in [1.165, 1.54) is 16.5 Å². The van der Waals surface area contributed by atoms with Gasteiger partial charge in [0.1, 0.15) is 5.78 Å². The Bertz CT molecular complexity index is 718. The average molecular weight is 526 g/mol. The number of benzene rings is 1. The van der Waals surface area contributed by atoms with Gasteiger partial charge in [0, 0.05) is 11.9 Å². The fraction of sp³-hybridized carbons (Fsp3) is 0.609. The molecule has 2 nitrogen and oxygen atoms in total. The predicted octanol–water partition coefficient (Wildman–Crippen LogP) is 6.71. The topological polar surface area (TPSA) is 22.0 Å². The molecule has 1 heterocycles. The highest BCUT2D eigenvalue weighted by Crippen LogP contribution is 2.44.